The zero-order chi connectivity index (χ0) is 13.8. The van der Waals surface area contributed by atoms with Gasteiger partial charge in [-0.1, -0.05) is 26.0 Å². The number of aromatic nitrogens is 2. The first kappa shape index (κ1) is 13.6. The summed E-state index contributed by atoms with van der Waals surface area (Å²) in [5, 5.41) is 4.50. The highest BCUT2D eigenvalue weighted by molar-refractivity contribution is 5.31. The van der Waals surface area contributed by atoms with E-state index in [1.165, 1.54) is 7.11 Å². The van der Waals surface area contributed by atoms with Crippen LogP contribution in [-0.4, -0.2) is 16.9 Å². The number of halogens is 1. The number of aryl methyl sites for hydroxylation is 2. The smallest absolute Gasteiger partial charge is 0.170 e. The van der Waals surface area contributed by atoms with Crippen molar-refractivity contribution >= 4 is 0 Å². The van der Waals surface area contributed by atoms with Gasteiger partial charge < -0.3 is 4.74 Å². The van der Waals surface area contributed by atoms with E-state index in [-0.39, 0.29) is 11.6 Å². The van der Waals surface area contributed by atoms with E-state index in [1.807, 2.05) is 4.68 Å². The van der Waals surface area contributed by atoms with E-state index in [0.717, 1.165) is 24.2 Å². The van der Waals surface area contributed by atoms with Crippen molar-refractivity contribution in [1.29, 1.82) is 0 Å². The Bertz CT molecular complexity index is 563. The zero-order valence-corrected chi connectivity index (χ0v) is 11.6. The Morgan fingerprint density at radius 2 is 2.05 bits per heavy atom. The third kappa shape index (κ3) is 2.78. The maximum Gasteiger partial charge on any atom is 0.170 e. The van der Waals surface area contributed by atoms with Crippen LogP contribution >= 0.6 is 0 Å². The molecular formula is C15H19FN2O. The summed E-state index contributed by atoms with van der Waals surface area (Å²) in [6, 6.07) is 7.27. The molecule has 0 atom stereocenters. The van der Waals surface area contributed by atoms with Crippen LogP contribution in [0, 0.1) is 5.82 Å². The molecular weight excluding hydrogens is 243 g/mol. The van der Waals surface area contributed by atoms with Crippen LogP contribution in [-0.2, 0) is 19.4 Å². The van der Waals surface area contributed by atoms with Gasteiger partial charge in [0.1, 0.15) is 0 Å². The van der Waals surface area contributed by atoms with E-state index in [4.69, 9.17) is 4.74 Å². The Hall–Kier alpha value is -1.84. The zero-order valence-electron chi connectivity index (χ0n) is 11.6. The molecule has 0 saturated heterocycles. The first-order valence-corrected chi connectivity index (χ1v) is 6.56. The summed E-state index contributed by atoms with van der Waals surface area (Å²) >= 11 is 0. The average molecular weight is 262 g/mol. The predicted molar refractivity (Wildman–Crippen MR) is 73.0 cm³/mol. The van der Waals surface area contributed by atoms with Crippen LogP contribution in [0.5, 0.6) is 5.75 Å². The fraction of sp³-hybridized carbons (Fsp3) is 0.400. The molecule has 1 aromatic carbocycles. The first-order valence-electron chi connectivity index (χ1n) is 6.56. The van der Waals surface area contributed by atoms with Gasteiger partial charge in [-0.15, -0.1) is 0 Å². The molecule has 2 rings (SSSR count). The van der Waals surface area contributed by atoms with Crippen molar-refractivity contribution in [3.63, 3.8) is 0 Å². The fourth-order valence-electron chi connectivity index (χ4n) is 2.11. The molecule has 0 bridgehead atoms. The third-order valence-electron chi connectivity index (χ3n) is 3.22. The molecule has 1 heterocycles. The van der Waals surface area contributed by atoms with Crippen molar-refractivity contribution in [2.24, 2.45) is 0 Å². The summed E-state index contributed by atoms with van der Waals surface area (Å²) in [6.07, 6.45) is 1.78. The van der Waals surface area contributed by atoms with Crippen molar-refractivity contribution < 1.29 is 9.13 Å². The van der Waals surface area contributed by atoms with Gasteiger partial charge >= 0.3 is 0 Å². The number of ether oxygens (including phenoxy) is 1. The Morgan fingerprint density at radius 1 is 1.26 bits per heavy atom. The van der Waals surface area contributed by atoms with E-state index in [9.17, 15) is 4.39 Å². The molecule has 102 valence electrons. The van der Waals surface area contributed by atoms with Crippen molar-refractivity contribution in [2.75, 3.05) is 7.11 Å². The van der Waals surface area contributed by atoms with Crippen molar-refractivity contribution in [2.45, 2.75) is 33.2 Å². The number of hydrogen-bond acceptors (Lipinski definition) is 2. The number of rotatable bonds is 5. The Kier molecular flexibility index (Phi) is 4.20. The highest BCUT2D eigenvalue weighted by atomic mass is 19.1. The topological polar surface area (TPSA) is 27.1 Å². The van der Waals surface area contributed by atoms with Crippen LogP contribution in [0.3, 0.4) is 0 Å². The second kappa shape index (κ2) is 5.87. The standard InChI is InChI=1S/C15H19FN2O/c1-4-12-9-13(5-2)18(17-12)10-11-7-6-8-14(19-3)15(11)16/h6-9H,4-5,10H2,1-3H3. The van der Waals surface area contributed by atoms with Gasteiger partial charge in [0.25, 0.3) is 0 Å². The molecule has 2 aromatic rings. The molecule has 0 aliphatic rings. The fourth-order valence-corrected chi connectivity index (χ4v) is 2.11. The Balaban J connectivity index is 2.33. The van der Waals surface area contributed by atoms with Crippen molar-refractivity contribution in [3.8, 4) is 5.75 Å². The van der Waals surface area contributed by atoms with Crippen LogP contribution in [0.15, 0.2) is 24.3 Å². The molecule has 0 radical (unpaired) electrons. The molecule has 0 N–H and O–H groups in total. The second-order valence-electron chi connectivity index (χ2n) is 4.43. The number of benzene rings is 1. The second-order valence-corrected chi connectivity index (χ2v) is 4.43. The molecule has 0 fully saturated rings. The van der Waals surface area contributed by atoms with E-state index in [2.05, 4.69) is 25.0 Å². The third-order valence-corrected chi connectivity index (χ3v) is 3.22. The number of methoxy groups -OCH3 is 1. The molecule has 0 unspecified atom stereocenters. The van der Waals surface area contributed by atoms with E-state index < -0.39 is 0 Å². The molecule has 1 aromatic heterocycles. The minimum absolute atomic E-state index is 0.276. The Labute approximate surface area is 113 Å². The average Bonchev–Trinajstić information content (AvgIpc) is 2.83. The maximum atomic E-state index is 14.1. The van der Waals surface area contributed by atoms with Gasteiger partial charge in [0.05, 0.1) is 19.3 Å². The summed E-state index contributed by atoms with van der Waals surface area (Å²) in [6.45, 7) is 4.58. The van der Waals surface area contributed by atoms with E-state index in [0.29, 0.717) is 12.1 Å². The van der Waals surface area contributed by atoms with Gasteiger partial charge in [0.2, 0.25) is 0 Å². The van der Waals surface area contributed by atoms with Crippen molar-refractivity contribution in [3.05, 3.63) is 47.0 Å². The number of nitrogens with zero attached hydrogens (tertiary/aromatic N) is 2. The van der Waals surface area contributed by atoms with Gasteiger partial charge in [0, 0.05) is 11.3 Å². The lowest BCUT2D eigenvalue weighted by molar-refractivity contribution is 0.383. The minimum atomic E-state index is -0.305. The van der Waals surface area contributed by atoms with Crippen LogP contribution in [0.25, 0.3) is 0 Å². The summed E-state index contributed by atoms with van der Waals surface area (Å²) < 4.78 is 21.0. The van der Waals surface area contributed by atoms with Crippen LogP contribution in [0.2, 0.25) is 0 Å². The Morgan fingerprint density at radius 3 is 2.68 bits per heavy atom. The summed E-state index contributed by atoms with van der Waals surface area (Å²) in [5.41, 5.74) is 2.76. The number of hydrogen-bond donors (Lipinski definition) is 0. The van der Waals surface area contributed by atoms with E-state index in [1.54, 1.807) is 18.2 Å². The van der Waals surface area contributed by atoms with Gasteiger partial charge in [0.15, 0.2) is 11.6 Å². The molecule has 0 amide bonds. The summed E-state index contributed by atoms with van der Waals surface area (Å²) in [5.74, 6) is -0.0287. The molecule has 0 aliphatic heterocycles. The quantitative estimate of drug-likeness (QED) is 0.827. The molecule has 19 heavy (non-hydrogen) atoms. The minimum Gasteiger partial charge on any atom is -0.494 e. The highest BCUT2D eigenvalue weighted by Gasteiger charge is 2.11. The predicted octanol–water partition coefficient (Wildman–Crippen LogP) is 3.20. The lowest BCUT2D eigenvalue weighted by Gasteiger charge is -2.09. The van der Waals surface area contributed by atoms with Gasteiger partial charge in [-0.3, -0.25) is 4.68 Å². The first-order chi connectivity index (χ1) is 9.19. The molecule has 0 saturated carbocycles. The van der Waals surface area contributed by atoms with E-state index >= 15 is 0 Å². The lowest BCUT2D eigenvalue weighted by atomic mass is 10.2. The maximum absolute atomic E-state index is 14.1. The van der Waals surface area contributed by atoms with Gasteiger partial charge in [-0.05, 0) is 25.0 Å². The van der Waals surface area contributed by atoms with Crippen LogP contribution in [0.4, 0.5) is 4.39 Å². The normalized spacial score (nSPS) is 10.7. The lowest BCUT2D eigenvalue weighted by Crippen LogP contribution is -2.08. The molecule has 0 spiro atoms. The van der Waals surface area contributed by atoms with Crippen LogP contribution in [0.1, 0.15) is 30.8 Å². The summed E-state index contributed by atoms with van der Waals surface area (Å²) in [4.78, 5) is 0. The summed E-state index contributed by atoms with van der Waals surface area (Å²) in [7, 11) is 1.47. The van der Waals surface area contributed by atoms with Gasteiger partial charge in [-0.25, -0.2) is 4.39 Å². The largest absolute Gasteiger partial charge is 0.494 e. The highest BCUT2D eigenvalue weighted by Crippen LogP contribution is 2.21. The SMILES string of the molecule is CCc1cc(CC)n(Cc2cccc(OC)c2F)n1. The molecule has 4 heteroatoms. The molecule has 3 nitrogen and oxygen atoms in total. The van der Waals surface area contributed by atoms with Gasteiger partial charge in [-0.2, -0.15) is 5.10 Å². The van der Waals surface area contributed by atoms with Crippen LogP contribution < -0.4 is 4.74 Å². The monoisotopic (exact) mass is 262 g/mol. The molecule has 0 aliphatic carbocycles. The van der Waals surface area contributed by atoms with Crippen molar-refractivity contribution in [1.82, 2.24) is 9.78 Å².